The van der Waals surface area contributed by atoms with E-state index in [2.05, 4.69) is 5.32 Å². The van der Waals surface area contributed by atoms with Crippen LogP contribution in [0.3, 0.4) is 0 Å². The van der Waals surface area contributed by atoms with Crippen molar-refractivity contribution in [1.29, 1.82) is 0 Å². The van der Waals surface area contributed by atoms with Crippen molar-refractivity contribution in [2.75, 3.05) is 19.6 Å². The zero-order chi connectivity index (χ0) is 17.0. The van der Waals surface area contributed by atoms with Gasteiger partial charge in [-0.1, -0.05) is 13.8 Å². The van der Waals surface area contributed by atoms with Gasteiger partial charge in [0.05, 0.1) is 5.54 Å². The van der Waals surface area contributed by atoms with Crippen LogP contribution in [0.15, 0.2) is 16.3 Å². The molecule has 134 valence electrons. The van der Waals surface area contributed by atoms with Crippen molar-refractivity contribution in [3.8, 4) is 0 Å². The van der Waals surface area contributed by atoms with Crippen LogP contribution in [-0.2, 0) is 21.2 Å². The lowest BCUT2D eigenvalue weighted by atomic mass is 10.1. The summed E-state index contributed by atoms with van der Waals surface area (Å²) in [5, 5.41) is 2.75. The predicted octanol–water partition coefficient (Wildman–Crippen LogP) is 1.60. The third kappa shape index (κ3) is 6.04. The summed E-state index contributed by atoms with van der Waals surface area (Å²) in [6.45, 7) is 8.26. The average Bonchev–Trinajstić information content (AvgIpc) is 2.88. The van der Waals surface area contributed by atoms with Gasteiger partial charge in [-0.05, 0) is 32.4 Å². The second-order valence-electron chi connectivity index (χ2n) is 5.54. The summed E-state index contributed by atoms with van der Waals surface area (Å²) < 4.78 is 26.5. The quantitative estimate of drug-likeness (QED) is 0.713. The number of nitrogens with two attached hydrogens (primary N) is 1. The van der Waals surface area contributed by atoms with E-state index in [1.54, 1.807) is 26.0 Å². The number of rotatable bonds is 8. The van der Waals surface area contributed by atoms with Gasteiger partial charge in [0.1, 0.15) is 4.21 Å². The molecule has 1 rings (SSSR count). The molecule has 6 nitrogen and oxygen atoms in total. The van der Waals surface area contributed by atoms with E-state index in [-0.39, 0.29) is 18.3 Å². The molecular weight excluding hydrogens is 358 g/mol. The van der Waals surface area contributed by atoms with Crippen molar-refractivity contribution in [3.05, 3.63) is 17.0 Å². The number of nitrogens with zero attached hydrogens (tertiary/aromatic N) is 1. The molecule has 23 heavy (non-hydrogen) atoms. The van der Waals surface area contributed by atoms with Gasteiger partial charge in [-0.25, -0.2) is 8.42 Å². The number of carbonyl (C=O) groups is 1. The summed E-state index contributed by atoms with van der Waals surface area (Å²) in [4.78, 5) is 12.6. The minimum Gasteiger partial charge on any atom is -0.354 e. The Kier molecular flexibility index (Phi) is 8.72. The molecule has 0 atom stereocenters. The van der Waals surface area contributed by atoms with Gasteiger partial charge >= 0.3 is 0 Å². The van der Waals surface area contributed by atoms with E-state index in [4.69, 9.17) is 5.73 Å². The Morgan fingerprint density at radius 3 is 2.35 bits per heavy atom. The minimum absolute atomic E-state index is 0. The van der Waals surface area contributed by atoms with E-state index in [1.165, 1.54) is 15.6 Å². The normalized spacial score (nSPS) is 12.1. The number of thiophene rings is 1. The fourth-order valence-corrected chi connectivity index (χ4v) is 4.82. The molecule has 3 N–H and O–H groups in total. The van der Waals surface area contributed by atoms with Crippen LogP contribution in [-0.4, -0.2) is 43.8 Å². The molecular formula is C14H26ClN3O3S2. The summed E-state index contributed by atoms with van der Waals surface area (Å²) in [5.74, 6) is -0.222. The maximum Gasteiger partial charge on any atom is 0.252 e. The molecule has 0 aliphatic rings. The molecule has 0 aromatic carbocycles. The fraction of sp³-hybridized carbons (Fsp3) is 0.643. The molecule has 1 aromatic heterocycles. The highest BCUT2D eigenvalue weighted by Crippen LogP contribution is 2.25. The van der Waals surface area contributed by atoms with Gasteiger partial charge in [0.2, 0.25) is 5.91 Å². The van der Waals surface area contributed by atoms with Gasteiger partial charge in [-0.2, -0.15) is 4.31 Å². The zero-order valence-electron chi connectivity index (χ0n) is 14.0. The van der Waals surface area contributed by atoms with E-state index in [0.29, 0.717) is 30.3 Å². The lowest BCUT2D eigenvalue weighted by Crippen LogP contribution is -2.49. The molecule has 1 heterocycles. The van der Waals surface area contributed by atoms with E-state index in [9.17, 15) is 13.2 Å². The molecule has 0 radical (unpaired) electrons. The first-order chi connectivity index (χ1) is 10.1. The Labute approximate surface area is 148 Å². The third-order valence-electron chi connectivity index (χ3n) is 3.18. The van der Waals surface area contributed by atoms with Crippen LogP contribution in [0.1, 0.15) is 32.6 Å². The topological polar surface area (TPSA) is 92.5 Å². The van der Waals surface area contributed by atoms with E-state index >= 15 is 0 Å². The van der Waals surface area contributed by atoms with Crippen LogP contribution < -0.4 is 11.1 Å². The summed E-state index contributed by atoms with van der Waals surface area (Å²) in [6, 6.07) is 3.42. The largest absolute Gasteiger partial charge is 0.354 e. The van der Waals surface area contributed by atoms with Crippen molar-refractivity contribution >= 4 is 39.7 Å². The Hall–Kier alpha value is -0.670. The molecule has 1 aromatic rings. The summed E-state index contributed by atoms with van der Waals surface area (Å²) >= 11 is 1.25. The van der Waals surface area contributed by atoms with Crippen molar-refractivity contribution in [3.63, 3.8) is 0 Å². The number of hydrogen-bond acceptors (Lipinski definition) is 5. The Bertz CT molecular complexity index is 605. The van der Waals surface area contributed by atoms with Crippen LogP contribution in [0, 0.1) is 0 Å². The lowest BCUT2D eigenvalue weighted by molar-refractivity contribution is -0.125. The number of hydrogen-bond donors (Lipinski definition) is 2. The number of amides is 1. The molecule has 0 unspecified atom stereocenters. The number of sulfonamides is 1. The molecule has 0 spiro atoms. The predicted molar refractivity (Wildman–Crippen MR) is 96.7 cm³/mol. The van der Waals surface area contributed by atoms with E-state index in [0.717, 1.165) is 4.88 Å². The highest BCUT2D eigenvalue weighted by molar-refractivity contribution is 7.91. The van der Waals surface area contributed by atoms with Crippen LogP contribution >= 0.6 is 23.7 Å². The molecule has 0 bridgehead atoms. The summed E-state index contributed by atoms with van der Waals surface area (Å²) in [6.07, 6.45) is 0.584. The van der Waals surface area contributed by atoms with Gasteiger partial charge in [-0.15, -0.1) is 23.7 Å². The van der Waals surface area contributed by atoms with Crippen LogP contribution in [0.25, 0.3) is 0 Å². The van der Waals surface area contributed by atoms with Crippen molar-refractivity contribution in [2.45, 2.75) is 43.9 Å². The van der Waals surface area contributed by atoms with Crippen LogP contribution in [0.5, 0.6) is 0 Å². The monoisotopic (exact) mass is 383 g/mol. The SMILES string of the molecule is CCN(CC)S(=O)(=O)c1ccc(CCNC(=O)C(C)(C)N)s1.Cl. The third-order valence-corrected chi connectivity index (χ3v) is 6.84. The number of halogens is 1. The van der Waals surface area contributed by atoms with E-state index < -0.39 is 15.6 Å². The highest BCUT2D eigenvalue weighted by Gasteiger charge is 2.24. The number of carbonyl (C=O) groups excluding carboxylic acids is 1. The van der Waals surface area contributed by atoms with Gasteiger partial charge in [-0.3, -0.25) is 4.79 Å². The summed E-state index contributed by atoms with van der Waals surface area (Å²) in [5.41, 5.74) is 4.78. The van der Waals surface area contributed by atoms with E-state index in [1.807, 2.05) is 13.8 Å². The first-order valence-electron chi connectivity index (χ1n) is 7.29. The minimum atomic E-state index is -3.40. The highest BCUT2D eigenvalue weighted by atomic mass is 35.5. The standard InChI is InChI=1S/C14H25N3O3S2.ClH/c1-5-17(6-2)22(19,20)12-8-7-11(21-12)9-10-16-13(18)14(3,4)15;/h7-8H,5-6,9-10,15H2,1-4H3,(H,16,18);1H. The Morgan fingerprint density at radius 1 is 1.30 bits per heavy atom. The van der Waals surface area contributed by atoms with Gasteiger partial charge in [0.25, 0.3) is 10.0 Å². The summed E-state index contributed by atoms with van der Waals surface area (Å²) in [7, 11) is -3.40. The second kappa shape index (κ2) is 8.98. The average molecular weight is 384 g/mol. The molecule has 0 saturated heterocycles. The Morgan fingerprint density at radius 2 is 1.87 bits per heavy atom. The number of nitrogens with one attached hydrogen (secondary N) is 1. The zero-order valence-corrected chi connectivity index (χ0v) is 16.4. The second-order valence-corrected chi connectivity index (χ2v) is 8.87. The molecule has 0 aliphatic carbocycles. The first kappa shape index (κ1) is 22.3. The first-order valence-corrected chi connectivity index (χ1v) is 9.54. The van der Waals surface area contributed by atoms with Crippen molar-refractivity contribution in [1.82, 2.24) is 9.62 Å². The van der Waals surface area contributed by atoms with Crippen LogP contribution in [0.4, 0.5) is 0 Å². The maximum absolute atomic E-state index is 12.4. The fourth-order valence-electron chi connectivity index (χ4n) is 1.85. The smallest absolute Gasteiger partial charge is 0.252 e. The van der Waals surface area contributed by atoms with Gasteiger partial charge < -0.3 is 11.1 Å². The van der Waals surface area contributed by atoms with Crippen molar-refractivity contribution < 1.29 is 13.2 Å². The molecule has 0 fully saturated rings. The Balaban J connectivity index is 0.00000484. The van der Waals surface area contributed by atoms with Crippen molar-refractivity contribution in [2.24, 2.45) is 5.73 Å². The van der Waals surface area contributed by atoms with Gasteiger partial charge in [0.15, 0.2) is 0 Å². The van der Waals surface area contributed by atoms with Crippen LogP contribution in [0.2, 0.25) is 0 Å². The maximum atomic E-state index is 12.4. The molecule has 9 heteroatoms. The molecule has 0 saturated carbocycles. The molecule has 0 aliphatic heterocycles. The molecule has 1 amide bonds. The lowest BCUT2D eigenvalue weighted by Gasteiger charge is -2.17. The van der Waals surface area contributed by atoms with Gasteiger partial charge in [0, 0.05) is 24.5 Å².